The summed E-state index contributed by atoms with van der Waals surface area (Å²) in [7, 11) is 0. The van der Waals surface area contributed by atoms with Crippen molar-refractivity contribution in [2.45, 2.75) is 12.0 Å². The van der Waals surface area contributed by atoms with Gasteiger partial charge in [-0.1, -0.05) is 30.3 Å². The number of phenols is 2. The number of nitro groups is 1. The van der Waals surface area contributed by atoms with Crippen LogP contribution in [0.25, 0.3) is 0 Å². The van der Waals surface area contributed by atoms with Gasteiger partial charge >= 0.3 is 0 Å². The van der Waals surface area contributed by atoms with E-state index in [4.69, 9.17) is 0 Å². The quantitative estimate of drug-likeness (QED) is 0.548. The second-order valence-electron chi connectivity index (χ2n) is 5.87. The monoisotopic (exact) mass is 335 g/mol. The Labute approximate surface area is 145 Å². The van der Waals surface area contributed by atoms with Crippen molar-refractivity contribution in [3.8, 4) is 11.5 Å². The molecule has 0 unspecified atom stereocenters. The minimum Gasteiger partial charge on any atom is -0.508 e. The molecular weight excluding hydrogens is 318 g/mol. The zero-order chi connectivity index (χ0) is 17.9. The van der Waals surface area contributed by atoms with E-state index in [0.717, 1.165) is 5.56 Å². The molecule has 0 fully saturated rings. The molecule has 0 aliphatic carbocycles. The number of hydrogen-bond acceptors (Lipinski definition) is 4. The summed E-state index contributed by atoms with van der Waals surface area (Å²) in [5, 5.41) is 31.4. The maximum absolute atomic E-state index is 12.3. The van der Waals surface area contributed by atoms with Gasteiger partial charge in [0.25, 0.3) is 5.54 Å². The molecular formula is C20H17NO4. The van der Waals surface area contributed by atoms with Crippen LogP contribution >= 0.6 is 0 Å². The van der Waals surface area contributed by atoms with Crippen molar-refractivity contribution < 1.29 is 15.1 Å². The lowest BCUT2D eigenvalue weighted by molar-refractivity contribution is -0.566. The van der Waals surface area contributed by atoms with E-state index in [1.807, 2.05) is 30.3 Å². The first kappa shape index (κ1) is 16.5. The van der Waals surface area contributed by atoms with Gasteiger partial charge in [-0.2, -0.15) is 0 Å². The van der Waals surface area contributed by atoms with Gasteiger partial charge in [0.1, 0.15) is 11.5 Å². The Balaban J connectivity index is 2.22. The first-order chi connectivity index (χ1) is 12.0. The van der Waals surface area contributed by atoms with E-state index < -0.39 is 5.54 Å². The van der Waals surface area contributed by atoms with Crippen molar-refractivity contribution >= 4 is 0 Å². The lowest BCUT2D eigenvalue weighted by Crippen LogP contribution is -2.39. The fourth-order valence-electron chi connectivity index (χ4n) is 3.01. The van der Waals surface area contributed by atoms with Gasteiger partial charge in [0, 0.05) is 16.1 Å². The summed E-state index contributed by atoms with van der Waals surface area (Å²) in [5.74, 6) is 0.0952. The fraction of sp³-hybridized carbons (Fsp3) is 0.100. The third-order valence-electron chi connectivity index (χ3n) is 4.30. The lowest BCUT2D eigenvalue weighted by atomic mass is 9.78. The van der Waals surface area contributed by atoms with E-state index in [1.165, 1.54) is 24.3 Å². The predicted octanol–water partition coefficient (Wildman–Crippen LogP) is 3.86. The SMILES string of the molecule is O=[N+]([O-])C(Cc1ccccc1)(c1ccc(O)cc1)c1ccc(O)cc1. The summed E-state index contributed by atoms with van der Waals surface area (Å²) in [4.78, 5) is 12.0. The summed E-state index contributed by atoms with van der Waals surface area (Å²) in [6.45, 7) is 0. The first-order valence-corrected chi connectivity index (χ1v) is 7.80. The zero-order valence-corrected chi connectivity index (χ0v) is 13.4. The highest BCUT2D eigenvalue weighted by Crippen LogP contribution is 2.37. The molecule has 0 saturated carbocycles. The predicted molar refractivity (Wildman–Crippen MR) is 94.1 cm³/mol. The minimum absolute atomic E-state index is 0.0476. The maximum atomic E-state index is 12.3. The number of nitrogens with zero attached hydrogens (tertiary/aromatic N) is 1. The number of rotatable bonds is 5. The van der Waals surface area contributed by atoms with E-state index in [-0.39, 0.29) is 22.8 Å². The molecule has 3 aromatic rings. The molecule has 2 N–H and O–H groups in total. The third kappa shape index (κ3) is 3.17. The number of aromatic hydroxyl groups is 2. The van der Waals surface area contributed by atoms with Gasteiger partial charge in [0.15, 0.2) is 0 Å². The molecule has 0 aliphatic rings. The topological polar surface area (TPSA) is 83.6 Å². The summed E-state index contributed by atoms with van der Waals surface area (Å²) in [6.07, 6.45) is 0.149. The molecule has 0 spiro atoms. The molecule has 0 bridgehead atoms. The largest absolute Gasteiger partial charge is 0.508 e. The fourth-order valence-corrected chi connectivity index (χ4v) is 3.01. The van der Waals surface area contributed by atoms with Crippen LogP contribution in [0.15, 0.2) is 78.9 Å². The molecule has 5 nitrogen and oxygen atoms in total. The highest BCUT2D eigenvalue weighted by atomic mass is 16.6. The van der Waals surface area contributed by atoms with Gasteiger partial charge in [0.05, 0.1) is 6.42 Å². The Kier molecular flexibility index (Phi) is 4.39. The Morgan fingerprint density at radius 3 is 1.60 bits per heavy atom. The molecule has 0 saturated heterocycles. The van der Waals surface area contributed by atoms with E-state index in [1.54, 1.807) is 24.3 Å². The van der Waals surface area contributed by atoms with Gasteiger partial charge < -0.3 is 10.2 Å². The highest BCUT2D eigenvalue weighted by molar-refractivity contribution is 5.42. The van der Waals surface area contributed by atoms with Crippen molar-refractivity contribution in [1.29, 1.82) is 0 Å². The van der Waals surface area contributed by atoms with Crippen molar-refractivity contribution in [3.63, 3.8) is 0 Å². The van der Waals surface area contributed by atoms with Crippen LogP contribution in [-0.4, -0.2) is 15.1 Å². The number of hydrogen-bond donors (Lipinski definition) is 2. The van der Waals surface area contributed by atoms with E-state index in [2.05, 4.69) is 0 Å². The zero-order valence-electron chi connectivity index (χ0n) is 13.4. The molecule has 0 heterocycles. The molecule has 5 heteroatoms. The van der Waals surface area contributed by atoms with Crippen LogP contribution in [-0.2, 0) is 12.0 Å². The number of benzene rings is 3. The average Bonchev–Trinajstić information content (AvgIpc) is 2.62. The molecule has 0 aliphatic heterocycles. The van der Waals surface area contributed by atoms with Crippen molar-refractivity contribution in [3.05, 3.63) is 106 Å². The summed E-state index contributed by atoms with van der Waals surface area (Å²) in [5.41, 5.74) is 0.220. The molecule has 3 rings (SSSR count). The van der Waals surface area contributed by atoms with Gasteiger partial charge in [-0.25, -0.2) is 0 Å². The highest BCUT2D eigenvalue weighted by Gasteiger charge is 2.47. The smallest absolute Gasteiger partial charge is 0.276 e. The van der Waals surface area contributed by atoms with E-state index in [9.17, 15) is 20.3 Å². The lowest BCUT2D eigenvalue weighted by Gasteiger charge is -2.26. The summed E-state index contributed by atoms with van der Waals surface area (Å²) in [6, 6.07) is 21.3. The minimum atomic E-state index is -1.53. The second-order valence-corrected chi connectivity index (χ2v) is 5.87. The van der Waals surface area contributed by atoms with Crippen molar-refractivity contribution in [2.24, 2.45) is 0 Å². The van der Waals surface area contributed by atoms with Crippen LogP contribution in [0, 0.1) is 10.1 Å². The Morgan fingerprint density at radius 1 is 0.760 bits per heavy atom. The van der Waals surface area contributed by atoms with Crippen molar-refractivity contribution in [2.75, 3.05) is 0 Å². The molecule has 0 atom stereocenters. The van der Waals surface area contributed by atoms with E-state index in [0.29, 0.717) is 11.1 Å². The third-order valence-corrected chi connectivity index (χ3v) is 4.30. The average molecular weight is 335 g/mol. The van der Waals surface area contributed by atoms with Gasteiger partial charge in [-0.3, -0.25) is 10.1 Å². The molecule has 0 amide bonds. The Hall–Kier alpha value is -3.34. The maximum Gasteiger partial charge on any atom is 0.276 e. The Morgan fingerprint density at radius 2 is 1.20 bits per heavy atom. The number of phenolic OH excluding ortho intramolecular Hbond substituents is 2. The molecule has 126 valence electrons. The summed E-state index contributed by atoms with van der Waals surface area (Å²) < 4.78 is 0. The van der Waals surface area contributed by atoms with Gasteiger partial charge in [-0.15, -0.1) is 0 Å². The Bertz CT molecular complexity index is 813. The normalized spacial score (nSPS) is 11.2. The van der Waals surface area contributed by atoms with Crippen LogP contribution in [0.3, 0.4) is 0 Å². The van der Waals surface area contributed by atoms with Crippen molar-refractivity contribution in [1.82, 2.24) is 0 Å². The van der Waals surface area contributed by atoms with Crippen LogP contribution in [0.4, 0.5) is 0 Å². The van der Waals surface area contributed by atoms with Crippen LogP contribution in [0.2, 0.25) is 0 Å². The second kappa shape index (κ2) is 6.65. The van der Waals surface area contributed by atoms with E-state index >= 15 is 0 Å². The molecule has 0 radical (unpaired) electrons. The van der Waals surface area contributed by atoms with Crippen LogP contribution in [0.5, 0.6) is 11.5 Å². The van der Waals surface area contributed by atoms with Gasteiger partial charge in [-0.05, 0) is 54.1 Å². The van der Waals surface area contributed by atoms with Crippen LogP contribution in [0.1, 0.15) is 16.7 Å². The molecule has 25 heavy (non-hydrogen) atoms. The van der Waals surface area contributed by atoms with Gasteiger partial charge in [0.2, 0.25) is 0 Å². The van der Waals surface area contributed by atoms with Crippen LogP contribution < -0.4 is 0 Å². The standard InChI is InChI=1S/C20H17NO4/c22-18-10-6-16(7-11-18)20(21(24)25,14-15-4-2-1-3-5-15)17-8-12-19(23)13-9-17/h1-13,22-23H,14H2. The molecule has 3 aromatic carbocycles. The summed E-state index contributed by atoms with van der Waals surface area (Å²) >= 11 is 0. The first-order valence-electron chi connectivity index (χ1n) is 7.80. The molecule has 0 aromatic heterocycles.